The summed E-state index contributed by atoms with van der Waals surface area (Å²) in [6, 6.07) is 6.04. The molecule has 0 saturated carbocycles. The zero-order chi connectivity index (χ0) is 28.5. The number of aryl methyl sites for hydroxylation is 1. The molecule has 0 aliphatic carbocycles. The highest BCUT2D eigenvalue weighted by molar-refractivity contribution is 6.34. The first-order chi connectivity index (χ1) is 18.4. The van der Waals surface area contributed by atoms with Crippen LogP contribution in [0.1, 0.15) is 24.1 Å². The fourth-order valence-electron chi connectivity index (χ4n) is 5.11. The average Bonchev–Trinajstić information content (AvgIpc) is 3.27. The highest BCUT2D eigenvalue weighted by Gasteiger charge is 2.41. The second-order valence-corrected chi connectivity index (χ2v) is 10.6. The van der Waals surface area contributed by atoms with Crippen molar-refractivity contribution in [2.24, 2.45) is 0 Å². The van der Waals surface area contributed by atoms with Crippen LogP contribution >= 0.6 is 11.6 Å². The van der Waals surface area contributed by atoms with Gasteiger partial charge in [0.05, 0.1) is 22.0 Å². The fraction of sp³-hybridized carbons (Fsp3) is 0.519. The monoisotopic (exact) mass is 566 g/mol. The van der Waals surface area contributed by atoms with Crippen LogP contribution in [0.25, 0.3) is 0 Å². The highest BCUT2D eigenvalue weighted by atomic mass is 35.5. The van der Waals surface area contributed by atoms with Gasteiger partial charge in [-0.2, -0.15) is 13.2 Å². The lowest BCUT2D eigenvalue weighted by molar-refractivity contribution is -0.137. The number of pyridine rings is 1. The second-order valence-electron chi connectivity index (χ2n) is 10.2. The zero-order valence-corrected chi connectivity index (χ0v) is 23.4. The van der Waals surface area contributed by atoms with E-state index in [1.807, 2.05) is 11.9 Å². The number of anilines is 3. The van der Waals surface area contributed by atoms with Gasteiger partial charge in [-0.3, -0.25) is 19.4 Å². The summed E-state index contributed by atoms with van der Waals surface area (Å²) in [4.78, 5) is 40.0. The van der Waals surface area contributed by atoms with Gasteiger partial charge in [0, 0.05) is 65.5 Å². The van der Waals surface area contributed by atoms with Crippen LogP contribution in [0.5, 0.6) is 0 Å². The fourth-order valence-corrected chi connectivity index (χ4v) is 5.43. The van der Waals surface area contributed by atoms with Gasteiger partial charge in [0.2, 0.25) is 11.8 Å². The van der Waals surface area contributed by atoms with Crippen LogP contribution in [0.15, 0.2) is 30.3 Å². The smallest absolute Gasteiger partial charge is 0.370 e. The van der Waals surface area contributed by atoms with E-state index in [1.165, 1.54) is 11.8 Å². The molecule has 3 heterocycles. The number of nitrogens with zero attached hydrogens (tertiary/aromatic N) is 6. The minimum atomic E-state index is -4.61. The maximum atomic E-state index is 13.8. The molecule has 12 heteroatoms. The molecule has 1 atom stereocenters. The summed E-state index contributed by atoms with van der Waals surface area (Å²) in [6.45, 7) is 6.92. The minimum absolute atomic E-state index is 0.0363. The first kappa shape index (κ1) is 29.1. The number of aromatic nitrogens is 1. The van der Waals surface area contributed by atoms with E-state index in [0.717, 1.165) is 49.8 Å². The summed E-state index contributed by atoms with van der Waals surface area (Å²) in [7, 11) is 5.62. The van der Waals surface area contributed by atoms with Crippen molar-refractivity contribution in [3.05, 3.63) is 46.6 Å². The van der Waals surface area contributed by atoms with Crippen LogP contribution in [0, 0.1) is 6.92 Å². The lowest BCUT2D eigenvalue weighted by atomic mass is 10.1. The quantitative estimate of drug-likeness (QED) is 0.507. The van der Waals surface area contributed by atoms with E-state index in [2.05, 4.69) is 21.8 Å². The van der Waals surface area contributed by atoms with Crippen molar-refractivity contribution >= 4 is 40.6 Å². The number of rotatable bonds is 7. The van der Waals surface area contributed by atoms with Crippen molar-refractivity contribution in [2.75, 3.05) is 75.1 Å². The number of benzene rings is 1. The third-order valence-corrected chi connectivity index (χ3v) is 7.70. The molecular formula is C27H34ClF3N6O2. The Morgan fingerprint density at radius 2 is 1.85 bits per heavy atom. The van der Waals surface area contributed by atoms with Crippen LogP contribution in [-0.2, 0) is 15.8 Å². The third-order valence-electron chi connectivity index (χ3n) is 7.40. The van der Waals surface area contributed by atoms with Crippen molar-refractivity contribution in [1.29, 1.82) is 0 Å². The topological polar surface area (TPSA) is 63.2 Å². The summed E-state index contributed by atoms with van der Waals surface area (Å²) in [5.41, 5.74) is 0.426. The number of hydrogen-bond donors (Lipinski definition) is 0. The van der Waals surface area contributed by atoms with E-state index in [9.17, 15) is 22.8 Å². The molecule has 1 aromatic carbocycles. The van der Waals surface area contributed by atoms with E-state index in [1.54, 1.807) is 25.2 Å². The Morgan fingerprint density at radius 1 is 1.15 bits per heavy atom. The number of amides is 2. The largest absolute Gasteiger partial charge is 0.416 e. The predicted molar refractivity (Wildman–Crippen MR) is 147 cm³/mol. The molecule has 0 N–H and O–H groups in total. The van der Waals surface area contributed by atoms with Crippen molar-refractivity contribution < 1.29 is 22.8 Å². The summed E-state index contributed by atoms with van der Waals surface area (Å²) in [5.74, 6) is -1.04. The zero-order valence-electron chi connectivity index (χ0n) is 22.6. The number of alkyl halides is 3. The van der Waals surface area contributed by atoms with Crippen molar-refractivity contribution in [1.82, 2.24) is 14.8 Å². The van der Waals surface area contributed by atoms with E-state index in [0.29, 0.717) is 22.9 Å². The van der Waals surface area contributed by atoms with Gasteiger partial charge in [-0.15, -0.1) is 0 Å². The van der Waals surface area contributed by atoms with Crippen LogP contribution in [-0.4, -0.2) is 93.1 Å². The van der Waals surface area contributed by atoms with Crippen molar-refractivity contribution in [3.63, 3.8) is 0 Å². The van der Waals surface area contributed by atoms with Crippen molar-refractivity contribution in [3.8, 4) is 0 Å². The summed E-state index contributed by atoms with van der Waals surface area (Å²) in [5, 5.41) is 0.475. The first-order valence-electron chi connectivity index (χ1n) is 12.9. The SMILES string of the molecule is Cc1cc(C(F)(F)F)cc(N2C(=O)CC[C@H]2C(=O)N(C)c2cccc(Cl)c2N(C)CCN2CCN(C)CC2)n1. The van der Waals surface area contributed by atoms with Crippen LogP contribution in [0.4, 0.5) is 30.4 Å². The minimum Gasteiger partial charge on any atom is -0.370 e. The highest BCUT2D eigenvalue weighted by Crippen LogP contribution is 2.38. The van der Waals surface area contributed by atoms with E-state index in [4.69, 9.17) is 11.6 Å². The standard InChI is InChI=1S/C27H34ClF3N6O2/c1-18-16-19(27(29,30)31)17-23(32-18)37-22(8-9-24(37)38)26(39)35(4)21-7-5-6-20(28)25(21)34(3)12-15-36-13-10-33(2)11-14-36/h5-7,16-17,22H,8-15H2,1-4H3/t22-/m0/s1. The molecule has 8 nitrogen and oxygen atoms in total. The molecule has 0 bridgehead atoms. The van der Waals surface area contributed by atoms with Gasteiger partial charge < -0.3 is 14.7 Å². The Bertz CT molecular complexity index is 1220. The summed E-state index contributed by atoms with van der Waals surface area (Å²) < 4.78 is 40.4. The molecule has 2 aliphatic heterocycles. The Balaban J connectivity index is 1.57. The molecule has 4 rings (SSSR count). The number of para-hydroxylation sites is 1. The van der Waals surface area contributed by atoms with E-state index < -0.39 is 29.6 Å². The van der Waals surface area contributed by atoms with Gasteiger partial charge in [0.15, 0.2) is 0 Å². The molecule has 39 heavy (non-hydrogen) atoms. The normalized spacial score (nSPS) is 19.0. The van der Waals surface area contributed by atoms with Crippen molar-refractivity contribution in [2.45, 2.75) is 32.0 Å². The molecule has 2 aromatic rings. The summed E-state index contributed by atoms with van der Waals surface area (Å²) in [6.07, 6.45) is -4.39. The molecular weight excluding hydrogens is 533 g/mol. The molecule has 212 valence electrons. The molecule has 0 radical (unpaired) electrons. The average molecular weight is 567 g/mol. The molecule has 2 amide bonds. The Labute approximate surface area is 231 Å². The molecule has 2 saturated heterocycles. The maximum Gasteiger partial charge on any atom is 0.416 e. The van der Waals surface area contributed by atoms with E-state index in [-0.39, 0.29) is 24.4 Å². The predicted octanol–water partition coefficient (Wildman–Crippen LogP) is 3.90. The Hall–Kier alpha value is -2.89. The molecule has 2 aliphatic rings. The Kier molecular flexibility index (Phi) is 8.72. The summed E-state index contributed by atoms with van der Waals surface area (Å²) >= 11 is 6.62. The molecule has 1 aromatic heterocycles. The number of halogens is 4. The van der Waals surface area contributed by atoms with E-state index >= 15 is 0 Å². The van der Waals surface area contributed by atoms with Gasteiger partial charge in [-0.05, 0) is 44.7 Å². The number of carbonyl (C=O) groups excluding carboxylic acids is 2. The maximum absolute atomic E-state index is 13.8. The Morgan fingerprint density at radius 3 is 2.51 bits per heavy atom. The second kappa shape index (κ2) is 11.7. The number of likely N-dealkylation sites (N-methyl/N-ethyl adjacent to an activating group) is 3. The molecule has 2 fully saturated rings. The van der Waals surface area contributed by atoms with Crippen LogP contribution in [0.2, 0.25) is 5.02 Å². The van der Waals surface area contributed by atoms with Gasteiger partial charge in [-0.25, -0.2) is 4.98 Å². The van der Waals surface area contributed by atoms with Gasteiger partial charge >= 0.3 is 6.18 Å². The third kappa shape index (κ3) is 6.47. The lowest BCUT2D eigenvalue weighted by Gasteiger charge is -2.35. The molecule has 0 unspecified atom stereocenters. The first-order valence-corrected chi connectivity index (χ1v) is 13.3. The van der Waals surface area contributed by atoms with Gasteiger partial charge in [-0.1, -0.05) is 17.7 Å². The van der Waals surface area contributed by atoms with Gasteiger partial charge in [0.1, 0.15) is 11.9 Å². The molecule has 0 spiro atoms. The van der Waals surface area contributed by atoms with Crippen LogP contribution in [0.3, 0.4) is 0 Å². The number of piperazine rings is 1. The number of hydrogen-bond acceptors (Lipinski definition) is 6. The van der Waals surface area contributed by atoms with Crippen LogP contribution < -0.4 is 14.7 Å². The van der Waals surface area contributed by atoms with Gasteiger partial charge in [0.25, 0.3) is 0 Å². The lowest BCUT2D eigenvalue weighted by Crippen LogP contribution is -2.47. The number of carbonyl (C=O) groups is 2.